The third kappa shape index (κ3) is 7.42. The first-order valence-corrected chi connectivity index (χ1v) is 16.5. The van der Waals surface area contributed by atoms with E-state index in [-0.39, 0.29) is 5.82 Å². The first kappa shape index (κ1) is 29.6. The summed E-state index contributed by atoms with van der Waals surface area (Å²) in [5, 5.41) is 10.3. The zero-order valence-electron chi connectivity index (χ0n) is 24.5. The average Bonchev–Trinajstić information content (AvgIpc) is 2.93. The highest BCUT2D eigenvalue weighted by molar-refractivity contribution is 5.81. The summed E-state index contributed by atoms with van der Waals surface area (Å²) in [6.07, 6.45) is 23.8. The van der Waals surface area contributed by atoms with Crippen molar-refractivity contribution in [3.8, 4) is 0 Å². The van der Waals surface area contributed by atoms with Crippen molar-refractivity contribution in [1.29, 1.82) is 0 Å². The molecular formula is C35H55FO2. The summed E-state index contributed by atoms with van der Waals surface area (Å²) in [4.78, 5) is 12.6. The van der Waals surface area contributed by atoms with Gasteiger partial charge in [0.25, 0.3) is 0 Å². The van der Waals surface area contributed by atoms with E-state index in [4.69, 9.17) is 0 Å². The maximum absolute atomic E-state index is 15.5. The fourth-order valence-corrected chi connectivity index (χ4v) is 8.52. The minimum Gasteiger partial charge on any atom is -0.481 e. The smallest absolute Gasteiger partial charge is 0.314 e. The second-order valence-corrected chi connectivity index (χ2v) is 13.5. The van der Waals surface area contributed by atoms with E-state index in [0.717, 1.165) is 54.9 Å². The molecule has 0 spiro atoms. The van der Waals surface area contributed by atoms with Gasteiger partial charge in [0, 0.05) is 5.56 Å². The molecule has 0 amide bonds. The van der Waals surface area contributed by atoms with Gasteiger partial charge in [-0.05, 0) is 92.6 Å². The van der Waals surface area contributed by atoms with Crippen LogP contribution in [0.4, 0.5) is 4.39 Å². The highest BCUT2D eigenvalue weighted by Crippen LogP contribution is 2.48. The van der Waals surface area contributed by atoms with Crippen LogP contribution < -0.4 is 0 Å². The Balaban J connectivity index is 1.29. The van der Waals surface area contributed by atoms with Gasteiger partial charge in [0.2, 0.25) is 0 Å². The van der Waals surface area contributed by atoms with Gasteiger partial charge in [-0.15, -0.1) is 0 Å². The van der Waals surface area contributed by atoms with E-state index >= 15 is 4.39 Å². The van der Waals surface area contributed by atoms with Crippen LogP contribution in [0, 0.1) is 35.4 Å². The molecule has 3 fully saturated rings. The number of rotatable bonds is 12. The van der Waals surface area contributed by atoms with Crippen LogP contribution in [0.2, 0.25) is 0 Å². The molecule has 0 aliphatic heterocycles. The van der Waals surface area contributed by atoms with Crippen molar-refractivity contribution in [2.75, 3.05) is 0 Å². The summed E-state index contributed by atoms with van der Waals surface area (Å²) in [6.45, 7) is 4.56. The van der Waals surface area contributed by atoms with Crippen LogP contribution >= 0.6 is 0 Å². The third-order valence-corrected chi connectivity index (χ3v) is 11.1. The fraction of sp³-hybridized carbons (Fsp3) is 0.800. The van der Waals surface area contributed by atoms with E-state index in [2.05, 4.69) is 13.8 Å². The molecule has 0 bridgehead atoms. The first-order valence-electron chi connectivity index (χ1n) is 16.5. The maximum atomic E-state index is 15.5. The number of benzene rings is 1. The summed E-state index contributed by atoms with van der Waals surface area (Å²) in [6, 6.07) is 5.52. The number of hydrogen-bond donors (Lipinski definition) is 1. The zero-order chi connectivity index (χ0) is 27.0. The molecule has 1 aromatic rings. The Labute approximate surface area is 232 Å². The lowest BCUT2D eigenvalue weighted by Crippen LogP contribution is -2.41. The van der Waals surface area contributed by atoms with E-state index in [1.165, 1.54) is 89.9 Å². The number of carboxylic acids is 1. The molecule has 0 atom stereocenters. The molecule has 4 rings (SSSR count). The molecule has 0 unspecified atom stereocenters. The molecule has 0 aromatic heterocycles. The Bertz CT molecular complexity index is 855. The standard InChI is InChI=1S/C35H55FO2/c1-3-5-6-8-27-15-18-30(19-16-27)31-21-23-35(24-22-31,34(37)38)32-20-17-29(25-33(32)36)14-13-28-11-9-26(7-4-2)10-12-28/h17,20,25-28,30-31H,3-16,18-19,21-24H2,1-2H3,(H,37,38). The largest absolute Gasteiger partial charge is 0.481 e. The van der Waals surface area contributed by atoms with Crippen molar-refractivity contribution >= 4 is 5.97 Å². The van der Waals surface area contributed by atoms with Crippen LogP contribution in [-0.4, -0.2) is 11.1 Å². The van der Waals surface area contributed by atoms with Gasteiger partial charge in [0.1, 0.15) is 5.82 Å². The Morgan fingerprint density at radius 1 is 0.789 bits per heavy atom. The van der Waals surface area contributed by atoms with Gasteiger partial charge in [-0.25, -0.2) is 4.39 Å². The zero-order valence-corrected chi connectivity index (χ0v) is 24.5. The normalized spacial score (nSPS) is 32.2. The molecule has 0 heterocycles. The molecule has 3 heteroatoms. The fourth-order valence-electron chi connectivity index (χ4n) is 8.52. The second-order valence-electron chi connectivity index (χ2n) is 13.5. The summed E-state index contributed by atoms with van der Waals surface area (Å²) >= 11 is 0. The monoisotopic (exact) mass is 526 g/mol. The summed E-state index contributed by atoms with van der Waals surface area (Å²) in [5.41, 5.74) is 0.424. The third-order valence-electron chi connectivity index (χ3n) is 11.1. The molecule has 214 valence electrons. The van der Waals surface area contributed by atoms with Gasteiger partial charge < -0.3 is 5.11 Å². The first-order chi connectivity index (χ1) is 18.4. The van der Waals surface area contributed by atoms with Crippen LogP contribution in [0.3, 0.4) is 0 Å². The van der Waals surface area contributed by atoms with E-state index in [0.29, 0.717) is 24.3 Å². The summed E-state index contributed by atoms with van der Waals surface area (Å²) < 4.78 is 15.5. The number of hydrogen-bond acceptors (Lipinski definition) is 1. The number of unbranched alkanes of at least 4 members (excludes halogenated alkanes) is 2. The Hall–Kier alpha value is -1.38. The number of carboxylic acid groups (broad SMARTS) is 1. The molecule has 3 aliphatic carbocycles. The van der Waals surface area contributed by atoms with Gasteiger partial charge in [-0.1, -0.05) is 103 Å². The van der Waals surface area contributed by atoms with Gasteiger partial charge in [-0.3, -0.25) is 4.79 Å². The molecule has 1 aromatic carbocycles. The SMILES string of the molecule is CCCCCC1CCC(C2CCC(C(=O)O)(c3ccc(CCC4CCC(CCC)CC4)cc3F)CC2)CC1. The Kier molecular flexibility index (Phi) is 11.1. The van der Waals surface area contributed by atoms with Crippen molar-refractivity contribution in [3.63, 3.8) is 0 Å². The quantitative estimate of drug-likeness (QED) is 0.275. The van der Waals surface area contributed by atoms with Crippen LogP contribution in [-0.2, 0) is 16.6 Å². The highest BCUT2D eigenvalue weighted by Gasteiger charge is 2.46. The molecule has 3 aliphatic rings. The van der Waals surface area contributed by atoms with Crippen molar-refractivity contribution < 1.29 is 14.3 Å². The average molecular weight is 527 g/mol. The molecule has 3 saturated carbocycles. The second kappa shape index (κ2) is 14.3. The van der Waals surface area contributed by atoms with Crippen molar-refractivity contribution in [3.05, 3.63) is 35.1 Å². The van der Waals surface area contributed by atoms with Crippen molar-refractivity contribution in [2.24, 2.45) is 29.6 Å². The summed E-state index contributed by atoms with van der Waals surface area (Å²) in [7, 11) is 0. The van der Waals surface area contributed by atoms with Crippen LogP contribution in [0.1, 0.15) is 147 Å². The molecule has 1 N–H and O–H groups in total. The van der Waals surface area contributed by atoms with E-state index in [9.17, 15) is 9.90 Å². The molecule has 0 radical (unpaired) electrons. The summed E-state index contributed by atoms with van der Waals surface area (Å²) in [5.74, 6) is 2.83. The highest BCUT2D eigenvalue weighted by atomic mass is 19.1. The number of aryl methyl sites for hydroxylation is 1. The van der Waals surface area contributed by atoms with Crippen LogP contribution in [0.15, 0.2) is 18.2 Å². The van der Waals surface area contributed by atoms with E-state index < -0.39 is 11.4 Å². The van der Waals surface area contributed by atoms with E-state index in [1.54, 1.807) is 6.07 Å². The molecule has 0 saturated heterocycles. The molecule has 38 heavy (non-hydrogen) atoms. The van der Waals surface area contributed by atoms with Crippen LogP contribution in [0.5, 0.6) is 0 Å². The van der Waals surface area contributed by atoms with Gasteiger partial charge >= 0.3 is 5.97 Å². The van der Waals surface area contributed by atoms with Gasteiger partial charge in [0.05, 0.1) is 5.41 Å². The van der Waals surface area contributed by atoms with E-state index in [1.807, 2.05) is 12.1 Å². The Morgan fingerprint density at radius 2 is 1.37 bits per heavy atom. The van der Waals surface area contributed by atoms with Crippen molar-refractivity contribution in [1.82, 2.24) is 0 Å². The predicted octanol–water partition coefficient (Wildman–Crippen LogP) is 10.3. The minimum atomic E-state index is -1.05. The maximum Gasteiger partial charge on any atom is 0.314 e. The number of aliphatic carboxylic acids is 1. The van der Waals surface area contributed by atoms with Crippen molar-refractivity contribution in [2.45, 2.75) is 148 Å². The van der Waals surface area contributed by atoms with Gasteiger partial charge in [-0.2, -0.15) is 0 Å². The number of halogens is 1. The number of carbonyl (C=O) groups is 1. The Morgan fingerprint density at radius 3 is 1.95 bits per heavy atom. The molecular weight excluding hydrogens is 471 g/mol. The van der Waals surface area contributed by atoms with Gasteiger partial charge in [0.15, 0.2) is 0 Å². The topological polar surface area (TPSA) is 37.3 Å². The lowest BCUT2D eigenvalue weighted by atomic mass is 9.62. The lowest BCUT2D eigenvalue weighted by Gasteiger charge is -2.42. The lowest BCUT2D eigenvalue weighted by molar-refractivity contribution is -0.146. The minimum absolute atomic E-state index is 0.289. The van der Waals surface area contributed by atoms with Crippen LogP contribution in [0.25, 0.3) is 0 Å². The predicted molar refractivity (Wildman–Crippen MR) is 156 cm³/mol. The molecule has 2 nitrogen and oxygen atoms in total.